The molecule has 0 spiro atoms. The van der Waals surface area contributed by atoms with Crippen molar-refractivity contribution in [3.63, 3.8) is 0 Å². The molecular weight excluding hydrogens is 312 g/mol. The van der Waals surface area contributed by atoms with E-state index in [4.69, 9.17) is 0 Å². The van der Waals surface area contributed by atoms with Crippen LogP contribution in [0.15, 0.2) is 71.9 Å². The van der Waals surface area contributed by atoms with Gasteiger partial charge in [-0.1, -0.05) is 70.4 Å². The summed E-state index contributed by atoms with van der Waals surface area (Å²) in [7, 11) is 0. The van der Waals surface area contributed by atoms with Crippen molar-refractivity contribution in [2.24, 2.45) is 5.92 Å². The molecule has 2 rings (SSSR count). The molecule has 0 nitrogen and oxygen atoms in total. The van der Waals surface area contributed by atoms with Crippen LogP contribution in [-0.2, 0) is 0 Å². The van der Waals surface area contributed by atoms with Crippen molar-refractivity contribution in [1.29, 1.82) is 0 Å². The minimum Gasteiger partial charge on any atom is -0.0991 e. The molecule has 0 radical (unpaired) electrons. The van der Waals surface area contributed by atoms with Crippen molar-refractivity contribution < 1.29 is 0 Å². The summed E-state index contributed by atoms with van der Waals surface area (Å²) in [6.07, 6.45) is 22.9. The Hall–Kier alpha value is -1.56. The van der Waals surface area contributed by atoms with Gasteiger partial charge in [0.25, 0.3) is 0 Å². The van der Waals surface area contributed by atoms with Gasteiger partial charge in [0.2, 0.25) is 0 Å². The number of allylic oxidation sites excluding steroid dienone is 10. The molecule has 26 heavy (non-hydrogen) atoms. The van der Waals surface area contributed by atoms with Crippen LogP contribution < -0.4 is 0 Å². The fraction of sp³-hybridized carbons (Fsp3) is 0.538. The van der Waals surface area contributed by atoms with Gasteiger partial charge >= 0.3 is 0 Å². The highest BCUT2D eigenvalue weighted by atomic mass is 14.1. The zero-order valence-electron chi connectivity index (χ0n) is 18.1. The number of hydrogen-bond acceptors (Lipinski definition) is 0. The van der Waals surface area contributed by atoms with Crippen LogP contribution in [0.4, 0.5) is 0 Å². The van der Waals surface area contributed by atoms with E-state index >= 15 is 0 Å². The molecule has 0 amide bonds. The summed E-state index contributed by atoms with van der Waals surface area (Å²) in [6, 6.07) is 0. The quantitative estimate of drug-likeness (QED) is 0.464. The topological polar surface area (TPSA) is 0 Å². The smallest absolute Gasteiger partial charge is 0.0276 e. The van der Waals surface area contributed by atoms with Crippen molar-refractivity contribution >= 4 is 0 Å². The number of rotatable bonds is 2. The fourth-order valence-corrected chi connectivity index (χ4v) is 3.23. The van der Waals surface area contributed by atoms with Crippen LogP contribution in [0.5, 0.6) is 0 Å². The normalized spacial score (nSPS) is 23.3. The molecule has 2 aliphatic rings. The van der Waals surface area contributed by atoms with E-state index in [9.17, 15) is 0 Å². The molecule has 0 N–H and O–H groups in total. The van der Waals surface area contributed by atoms with E-state index in [2.05, 4.69) is 72.1 Å². The average molecular weight is 355 g/mol. The molecule has 0 aliphatic heterocycles. The zero-order valence-corrected chi connectivity index (χ0v) is 18.1. The second-order valence-electron chi connectivity index (χ2n) is 7.63. The van der Waals surface area contributed by atoms with Gasteiger partial charge in [-0.05, 0) is 93.4 Å². The highest BCUT2D eigenvalue weighted by molar-refractivity contribution is 5.35. The van der Waals surface area contributed by atoms with Gasteiger partial charge < -0.3 is 0 Å². The molecule has 146 valence electrons. The minimum absolute atomic E-state index is 0.833. The van der Waals surface area contributed by atoms with Gasteiger partial charge in [0.05, 0.1) is 0 Å². The lowest BCUT2D eigenvalue weighted by atomic mass is 9.89. The maximum absolute atomic E-state index is 3.72. The van der Waals surface area contributed by atoms with E-state index in [1.807, 2.05) is 12.2 Å². The molecule has 0 aromatic rings. The maximum Gasteiger partial charge on any atom is -0.0276 e. The van der Waals surface area contributed by atoms with E-state index in [1.165, 1.54) is 73.7 Å². The largest absolute Gasteiger partial charge is 0.0991 e. The molecule has 0 bridgehead atoms. The Morgan fingerprint density at radius 2 is 0.885 bits per heavy atom. The van der Waals surface area contributed by atoms with Gasteiger partial charge in [-0.15, -0.1) is 0 Å². The fourth-order valence-electron chi connectivity index (χ4n) is 3.23. The first-order chi connectivity index (χ1) is 12.5. The van der Waals surface area contributed by atoms with Gasteiger partial charge in [-0.2, -0.15) is 0 Å². The van der Waals surface area contributed by atoms with E-state index < -0.39 is 0 Å². The zero-order chi connectivity index (χ0) is 19.8. The molecule has 0 saturated heterocycles. The molecular formula is C26H42. The van der Waals surface area contributed by atoms with Crippen molar-refractivity contribution in [2.75, 3.05) is 0 Å². The van der Waals surface area contributed by atoms with Crippen LogP contribution in [0.3, 0.4) is 0 Å². The molecule has 0 aromatic carbocycles. The Kier molecular flexibility index (Phi) is 14.7. The second kappa shape index (κ2) is 15.7. The van der Waals surface area contributed by atoms with Crippen LogP contribution in [0.2, 0.25) is 0 Å². The Balaban J connectivity index is 0.000000401. The predicted octanol–water partition coefficient (Wildman–Crippen LogP) is 8.90. The van der Waals surface area contributed by atoms with Crippen LogP contribution in [0, 0.1) is 5.92 Å². The first-order valence-electron chi connectivity index (χ1n) is 10.4. The van der Waals surface area contributed by atoms with E-state index in [1.54, 1.807) is 0 Å². The van der Waals surface area contributed by atoms with Crippen molar-refractivity contribution in [3.8, 4) is 0 Å². The highest BCUT2D eigenvalue weighted by Gasteiger charge is 2.09. The third-order valence-electron chi connectivity index (χ3n) is 4.44. The Morgan fingerprint density at radius 1 is 0.615 bits per heavy atom. The molecule has 2 saturated carbocycles. The lowest BCUT2D eigenvalue weighted by molar-refractivity contribution is 0.678. The van der Waals surface area contributed by atoms with Crippen molar-refractivity contribution in [1.82, 2.24) is 0 Å². The third-order valence-corrected chi connectivity index (χ3v) is 4.44. The summed E-state index contributed by atoms with van der Waals surface area (Å²) in [6.45, 7) is 18.2. The summed E-state index contributed by atoms with van der Waals surface area (Å²) < 4.78 is 0. The van der Waals surface area contributed by atoms with Gasteiger partial charge in [0.1, 0.15) is 0 Å². The summed E-state index contributed by atoms with van der Waals surface area (Å²) in [5.41, 5.74) is 6.04. The Bertz CT molecular complexity index is 471. The molecule has 0 atom stereocenters. The summed E-state index contributed by atoms with van der Waals surface area (Å²) in [4.78, 5) is 0. The summed E-state index contributed by atoms with van der Waals surface area (Å²) >= 11 is 0. The maximum atomic E-state index is 3.72. The third kappa shape index (κ3) is 11.1. The monoisotopic (exact) mass is 354 g/mol. The van der Waals surface area contributed by atoms with Gasteiger partial charge in [-0.25, -0.2) is 0 Å². The Labute approximate surface area is 164 Å². The average Bonchev–Trinajstić information content (AvgIpc) is 2.63. The predicted molar refractivity (Wildman–Crippen MR) is 122 cm³/mol. The molecule has 0 heterocycles. The first-order valence-corrected chi connectivity index (χ1v) is 10.4. The highest BCUT2D eigenvalue weighted by Crippen LogP contribution is 2.29. The van der Waals surface area contributed by atoms with E-state index in [-0.39, 0.29) is 0 Å². The van der Waals surface area contributed by atoms with Gasteiger partial charge in [-0.3, -0.25) is 0 Å². The van der Waals surface area contributed by atoms with E-state index in [0.29, 0.717) is 0 Å². The number of hydrogen-bond donors (Lipinski definition) is 0. The first kappa shape index (κ1) is 24.4. The molecule has 0 unspecified atom stereocenters. The molecule has 0 aromatic heterocycles. The lowest BCUT2D eigenvalue weighted by Gasteiger charge is -2.16. The van der Waals surface area contributed by atoms with Crippen LogP contribution >= 0.6 is 0 Å². The second-order valence-corrected chi connectivity index (χ2v) is 7.63. The standard InChI is InChI=1S/2C11H16.C4H10/c2*1-3-7-11-9-6-5-8-10(11)4-2;1-4(2)3/h2*3-4,7H,1,5-6,8-9H2,2H3;4H,1-3H3/b2*10-4-,11-7-;. The molecule has 2 aliphatic carbocycles. The van der Waals surface area contributed by atoms with Gasteiger partial charge in [0, 0.05) is 0 Å². The van der Waals surface area contributed by atoms with Crippen molar-refractivity contribution in [2.45, 2.75) is 86.0 Å². The van der Waals surface area contributed by atoms with Crippen molar-refractivity contribution in [3.05, 3.63) is 71.9 Å². The van der Waals surface area contributed by atoms with E-state index in [0.717, 1.165) is 5.92 Å². The van der Waals surface area contributed by atoms with Crippen LogP contribution in [0.25, 0.3) is 0 Å². The van der Waals surface area contributed by atoms with Gasteiger partial charge in [0.15, 0.2) is 0 Å². The van der Waals surface area contributed by atoms with Crippen LogP contribution in [0.1, 0.15) is 86.0 Å². The summed E-state index contributed by atoms with van der Waals surface area (Å²) in [5.74, 6) is 0.833. The molecule has 2 fully saturated rings. The Morgan fingerprint density at radius 3 is 1.12 bits per heavy atom. The van der Waals surface area contributed by atoms with Crippen LogP contribution in [-0.4, -0.2) is 0 Å². The lowest BCUT2D eigenvalue weighted by Crippen LogP contribution is -1.97. The summed E-state index contributed by atoms with van der Waals surface area (Å²) in [5, 5.41) is 0. The SMILES string of the molecule is C=C/C=C1/CCCC/C1=C/C.C=C/C=C1/CCCC/C1=C/C.CC(C)C. The molecule has 0 heteroatoms. The minimum atomic E-state index is 0.833.